The molecule has 2 heterocycles. The molecule has 0 bridgehead atoms. The SMILES string of the molecule is Cc1ccc2occ(CN(Cc3ccccc3)C(=O)CN(CC3CCCO3)C(=O)c3ccc(C(F)(F)F)cc3)c(=O)c2c1. The van der Waals surface area contributed by atoms with Crippen LogP contribution in [0.1, 0.15) is 45.5 Å². The molecule has 1 saturated heterocycles. The summed E-state index contributed by atoms with van der Waals surface area (Å²) < 4.78 is 50.8. The van der Waals surface area contributed by atoms with Crippen LogP contribution < -0.4 is 5.43 Å². The van der Waals surface area contributed by atoms with Crippen LogP contribution in [-0.2, 0) is 28.8 Å². The summed E-state index contributed by atoms with van der Waals surface area (Å²) in [7, 11) is 0. The third-order valence-electron chi connectivity index (χ3n) is 7.45. The molecule has 1 aromatic heterocycles. The van der Waals surface area contributed by atoms with E-state index in [1.807, 2.05) is 43.3 Å². The molecule has 0 aliphatic carbocycles. The van der Waals surface area contributed by atoms with Crippen molar-refractivity contribution < 1.29 is 31.9 Å². The van der Waals surface area contributed by atoms with Crippen LogP contribution in [0, 0.1) is 6.92 Å². The van der Waals surface area contributed by atoms with Crippen LogP contribution in [0.4, 0.5) is 13.2 Å². The molecular weight excluding hydrogens is 561 g/mol. The third-order valence-corrected chi connectivity index (χ3v) is 7.45. The van der Waals surface area contributed by atoms with E-state index >= 15 is 0 Å². The molecular formula is C33H31F3N2O5. The second-order valence-corrected chi connectivity index (χ2v) is 10.7. The fourth-order valence-electron chi connectivity index (χ4n) is 5.14. The van der Waals surface area contributed by atoms with Gasteiger partial charge in [0.1, 0.15) is 12.1 Å². The number of benzene rings is 3. The van der Waals surface area contributed by atoms with E-state index in [-0.39, 0.29) is 48.8 Å². The molecule has 224 valence electrons. The maximum Gasteiger partial charge on any atom is 0.416 e. The Balaban J connectivity index is 1.43. The van der Waals surface area contributed by atoms with Crippen molar-refractivity contribution >= 4 is 22.8 Å². The minimum Gasteiger partial charge on any atom is -0.464 e. The molecule has 2 amide bonds. The van der Waals surface area contributed by atoms with Gasteiger partial charge in [-0.15, -0.1) is 0 Å². The molecule has 0 spiro atoms. The lowest BCUT2D eigenvalue weighted by Crippen LogP contribution is -2.45. The normalized spacial score (nSPS) is 15.0. The Morgan fingerprint density at radius 2 is 1.70 bits per heavy atom. The van der Waals surface area contributed by atoms with E-state index in [2.05, 4.69) is 0 Å². The zero-order valence-corrected chi connectivity index (χ0v) is 23.6. The van der Waals surface area contributed by atoms with E-state index in [9.17, 15) is 27.6 Å². The van der Waals surface area contributed by atoms with Crippen LogP contribution in [-0.4, -0.2) is 47.4 Å². The minimum absolute atomic E-state index is 0.0268. The first-order chi connectivity index (χ1) is 20.6. The first-order valence-electron chi connectivity index (χ1n) is 14.0. The van der Waals surface area contributed by atoms with Crippen molar-refractivity contribution in [1.29, 1.82) is 0 Å². The summed E-state index contributed by atoms with van der Waals surface area (Å²) in [4.78, 5) is 43.6. The molecule has 0 radical (unpaired) electrons. The second kappa shape index (κ2) is 12.8. The van der Waals surface area contributed by atoms with Gasteiger partial charge in [0.25, 0.3) is 5.91 Å². The lowest BCUT2D eigenvalue weighted by atomic mass is 10.1. The van der Waals surface area contributed by atoms with Crippen molar-refractivity contribution in [3.05, 3.63) is 117 Å². The number of ether oxygens (including phenoxy) is 1. The Bertz CT molecular complexity index is 1650. The van der Waals surface area contributed by atoms with Crippen LogP contribution in [0.5, 0.6) is 0 Å². The quantitative estimate of drug-likeness (QED) is 0.239. The maximum atomic E-state index is 13.9. The van der Waals surface area contributed by atoms with Crippen LogP contribution in [0.2, 0.25) is 0 Å². The Hall–Kier alpha value is -4.44. The Morgan fingerprint density at radius 1 is 0.953 bits per heavy atom. The van der Waals surface area contributed by atoms with Crippen LogP contribution in [0.15, 0.2) is 88.3 Å². The monoisotopic (exact) mass is 592 g/mol. The molecule has 3 aromatic carbocycles. The van der Waals surface area contributed by atoms with Gasteiger partial charge in [-0.25, -0.2) is 0 Å². The zero-order chi connectivity index (χ0) is 30.6. The molecule has 43 heavy (non-hydrogen) atoms. The summed E-state index contributed by atoms with van der Waals surface area (Å²) >= 11 is 0. The summed E-state index contributed by atoms with van der Waals surface area (Å²) in [5.41, 5.74) is 1.32. The number of hydrogen-bond donors (Lipinski definition) is 0. The van der Waals surface area contributed by atoms with Crippen molar-refractivity contribution in [2.75, 3.05) is 19.7 Å². The predicted octanol–water partition coefficient (Wildman–Crippen LogP) is 5.97. The molecule has 5 rings (SSSR count). The number of fused-ring (bicyclic) bond motifs is 1. The van der Waals surface area contributed by atoms with Gasteiger partial charge in [0, 0.05) is 25.3 Å². The molecule has 1 fully saturated rings. The summed E-state index contributed by atoms with van der Waals surface area (Å²) in [6, 6.07) is 18.4. The van der Waals surface area contributed by atoms with Gasteiger partial charge in [0.05, 0.1) is 35.4 Å². The third kappa shape index (κ3) is 7.32. The molecule has 1 aliphatic rings. The first kappa shape index (κ1) is 30.0. The first-order valence-corrected chi connectivity index (χ1v) is 14.0. The number of halogens is 3. The fraction of sp³-hybridized carbons (Fsp3) is 0.303. The highest BCUT2D eigenvalue weighted by atomic mass is 19.4. The Morgan fingerprint density at radius 3 is 2.37 bits per heavy atom. The number of nitrogens with zero attached hydrogens (tertiary/aromatic N) is 2. The predicted molar refractivity (Wildman–Crippen MR) is 154 cm³/mol. The number of rotatable bonds is 9. The van der Waals surface area contributed by atoms with Crippen LogP contribution in [0.25, 0.3) is 11.0 Å². The topological polar surface area (TPSA) is 80.1 Å². The highest BCUT2D eigenvalue weighted by Crippen LogP contribution is 2.29. The second-order valence-electron chi connectivity index (χ2n) is 10.7. The van der Waals surface area contributed by atoms with Gasteiger partial charge in [0.2, 0.25) is 5.91 Å². The number of amides is 2. The van der Waals surface area contributed by atoms with E-state index in [1.165, 1.54) is 16.1 Å². The Labute approximate surface area is 246 Å². The van der Waals surface area contributed by atoms with Gasteiger partial charge in [-0.3, -0.25) is 14.4 Å². The largest absolute Gasteiger partial charge is 0.464 e. The minimum atomic E-state index is -4.54. The average molecular weight is 593 g/mol. The average Bonchev–Trinajstić information content (AvgIpc) is 3.51. The zero-order valence-electron chi connectivity index (χ0n) is 23.6. The number of alkyl halides is 3. The fourth-order valence-corrected chi connectivity index (χ4v) is 5.14. The summed E-state index contributed by atoms with van der Waals surface area (Å²) in [6.07, 6.45) is -2.00. The van der Waals surface area contributed by atoms with Crippen molar-refractivity contribution in [3.63, 3.8) is 0 Å². The van der Waals surface area contributed by atoms with Gasteiger partial charge in [-0.1, -0.05) is 42.0 Å². The summed E-state index contributed by atoms with van der Waals surface area (Å²) in [5, 5.41) is 0.405. The van der Waals surface area contributed by atoms with E-state index < -0.39 is 23.6 Å². The highest BCUT2D eigenvalue weighted by molar-refractivity contribution is 5.96. The van der Waals surface area contributed by atoms with E-state index in [4.69, 9.17) is 9.15 Å². The molecule has 1 aliphatic heterocycles. The number of aryl methyl sites for hydroxylation is 1. The van der Waals surface area contributed by atoms with Gasteiger partial charge < -0.3 is 19.0 Å². The molecule has 0 saturated carbocycles. The molecule has 10 heteroatoms. The number of hydrogen-bond acceptors (Lipinski definition) is 5. The van der Waals surface area contributed by atoms with E-state index in [1.54, 1.807) is 12.1 Å². The number of carbonyl (C=O) groups is 2. The van der Waals surface area contributed by atoms with Gasteiger partial charge in [0.15, 0.2) is 5.43 Å². The maximum absolute atomic E-state index is 13.9. The standard InChI is InChI=1S/C33H31F3N2O5/c1-22-9-14-29-28(16-22)31(40)25(21-43-29)18-37(17-23-6-3-2-4-7-23)30(39)20-38(19-27-8-5-15-42-27)32(41)24-10-12-26(13-11-24)33(34,35)36/h2-4,6-7,9-14,16,21,27H,5,8,15,17-20H2,1H3. The van der Waals surface area contributed by atoms with E-state index in [0.717, 1.165) is 41.8 Å². The van der Waals surface area contributed by atoms with Gasteiger partial charge >= 0.3 is 6.18 Å². The smallest absolute Gasteiger partial charge is 0.416 e. The van der Waals surface area contributed by atoms with Crippen molar-refractivity contribution in [2.45, 2.75) is 45.1 Å². The number of carbonyl (C=O) groups excluding carboxylic acids is 2. The van der Waals surface area contributed by atoms with Crippen molar-refractivity contribution in [3.8, 4) is 0 Å². The summed E-state index contributed by atoms with van der Waals surface area (Å²) in [6.45, 7) is 2.23. The molecule has 7 nitrogen and oxygen atoms in total. The molecule has 1 unspecified atom stereocenters. The van der Waals surface area contributed by atoms with Crippen molar-refractivity contribution in [2.24, 2.45) is 0 Å². The molecule has 1 atom stereocenters. The van der Waals surface area contributed by atoms with Crippen LogP contribution >= 0.6 is 0 Å². The highest BCUT2D eigenvalue weighted by Gasteiger charge is 2.31. The lowest BCUT2D eigenvalue weighted by Gasteiger charge is -2.29. The summed E-state index contributed by atoms with van der Waals surface area (Å²) in [5.74, 6) is -1.02. The molecule has 4 aromatic rings. The Kier molecular flexibility index (Phi) is 8.96. The van der Waals surface area contributed by atoms with Crippen LogP contribution in [0.3, 0.4) is 0 Å². The van der Waals surface area contributed by atoms with Crippen molar-refractivity contribution in [1.82, 2.24) is 9.80 Å². The van der Waals surface area contributed by atoms with Gasteiger partial charge in [-0.2, -0.15) is 13.2 Å². The van der Waals surface area contributed by atoms with Gasteiger partial charge in [-0.05, 0) is 61.7 Å². The lowest BCUT2D eigenvalue weighted by molar-refractivity contribution is -0.137. The van der Waals surface area contributed by atoms with E-state index in [0.29, 0.717) is 24.0 Å². The molecule has 0 N–H and O–H groups in total.